The van der Waals surface area contributed by atoms with Crippen LogP contribution >= 0.6 is 0 Å². The average molecular weight is 292 g/mol. The highest BCUT2D eigenvalue weighted by atomic mass is 16.5. The summed E-state index contributed by atoms with van der Waals surface area (Å²) in [5, 5.41) is 11.4. The van der Waals surface area contributed by atoms with E-state index in [9.17, 15) is 9.59 Å². The lowest BCUT2D eigenvalue weighted by atomic mass is 9.97. The van der Waals surface area contributed by atoms with Gasteiger partial charge in [0.2, 0.25) is 0 Å². The lowest BCUT2D eigenvalue weighted by Crippen LogP contribution is -2.64. The van der Waals surface area contributed by atoms with E-state index in [4.69, 9.17) is 9.84 Å². The van der Waals surface area contributed by atoms with Crippen molar-refractivity contribution in [2.75, 3.05) is 25.0 Å². The SMILES string of the molecule is Cc1ccc(NC(=O)N2CC(C)(OCC(=O)O)C2)cc1C. The molecule has 0 radical (unpaired) electrons. The fourth-order valence-corrected chi connectivity index (χ4v) is 2.25. The van der Waals surface area contributed by atoms with Crippen LogP contribution in [0.5, 0.6) is 0 Å². The monoisotopic (exact) mass is 292 g/mol. The van der Waals surface area contributed by atoms with Crippen LogP contribution in [0.3, 0.4) is 0 Å². The van der Waals surface area contributed by atoms with Crippen molar-refractivity contribution in [3.05, 3.63) is 29.3 Å². The van der Waals surface area contributed by atoms with Crippen LogP contribution in [0.15, 0.2) is 18.2 Å². The molecule has 21 heavy (non-hydrogen) atoms. The Morgan fingerprint density at radius 2 is 2.00 bits per heavy atom. The van der Waals surface area contributed by atoms with E-state index in [0.717, 1.165) is 11.3 Å². The average Bonchev–Trinajstić information content (AvgIpc) is 2.37. The molecule has 2 rings (SSSR count). The fourth-order valence-electron chi connectivity index (χ4n) is 2.25. The molecule has 1 fully saturated rings. The molecule has 2 amide bonds. The number of aliphatic carboxylic acids is 1. The van der Waals surface area contributed by atoms with Crippen LogP contribution in [-0.2, 0) is 9.53 Å². The van der Waals surface area contributed by atoms with Crippen LogP contribution in [0.2, 0.25) is 0 Å². The van der Waals surface area contributed by atoms with Gasteiger partial charge in [-0.05, 0) is 44.0 Å². The molecule has 0 bridgehead atoms. The number of amides is 2. The van der Waals surface area contributed by atoms with Gasteiger partial charge >= 0.3 is 12.0 Å². The minimum atomic E-state index is -1.01. The Morgan fingerprint density at radius 1 is 1.33 bits per heavy atom. The molecule has 6 nitrogen and oxygen atoms in total. The molecule has 0 spiro atoms. The van der Waals surface area contributed by atoms with Gasteiger partial charge < -0.3 is 20.1 Å². The van der Waals surface area contributed by atoms with Crippen molar-refractivity contribution in [1.82, 2.24) is 4.90 Å². The van der Waals surface area contributed by atoms with E-state index >= 15 is 0 Å². The van der Waals surface area contributed by atoms with Gasteiger partial charge in [0.25, 0.3) is 0 Å². The van der Waals surface area contributed by atoms with E-state index in [1.54, 1.807) is 11.8 Å². The summed E-state index contributed by atoms with van der Waals surface area (Å²) in [5.41, 5.74) is 2.47. The highest BCUT2D eigenvalue weighted by Gasteiger charge is 2.42. The first-order chi connectivity index (χ1) is 9.79. The summed E-state index contributed by atoms with van der Waals surface area (Å²) in [6.45, 7) is 6.24. The van der Waals surface area contributed by atoms with E-state index in [2.05, 4.69) is 5.32 Å². The zero-order valence-electron chi connectivity index (χ0n) is 12.5. The number of rotatable bonds is 4. The third kappa shape index (κ3) is 3.72. The van der Waals surface area contributed by atoms with E-state index in [1.165, 1.54) is 5.56 Å². The molecule has 0 saturated carbocycles. The Kier molecular flexibility index (Phi) is 4.18. The standard InChI is InChI=1S/C15H20N2O4/c1-10-4-5-12(6-11(10)2)16-14(20)17-8-15(3,9-17)21-7-13(18)19/h4-6H,7-9H2,1-3H3,(H,16,20)(H,18,19). The zero-order chi connectivity index (χ0) is 15.6. The highest BCUT2D eigenvalue weighted by Crippen LogP contribution is 2.25. The van der Waals surface area contributed by atoms with Crippen molar-refractivity contribution in [3.8, 4) is 0 Å². The summed E-state index contributed by atoms with van der Waals surface area (Å²) in [6, 6.07) is 5.55. The normalized spacial score (nSPS) is 16.2. The third-order valence-corrected chi connectivity index (χ3v) is 3.64. The summed E-state index contributed by atoms with van der Waals surface area (Å²) in [5.74, 6) is -1.01. The second-order valence-corrected chi connectivity index (χ2v) is 5.72. The quantitative estimate of drug-likeness (QED) is 0.889. The fraction of sp³-hybridized carbons (Fsp3) is 0.467. The van der Waals surface area contributed by atoms with Gasteiger partial charge in [-0.25, -0.2) is 9.59 Å². The van der Waals surface area contributed by atoms with Crippen LogP contribution in [0.4, 0.5) is 10.5 Å². The number of benzene rings is 1. The van der Waals surface area contributed by atoms with Crippen LogP contribution in [-0.4, -0.2) is 47.3 Å². The molecule has 1 heterocycles. The maximum absolute atomic E-state index is 12.1. The van der Waals surface area contributed by atoms with Gasteiger partial charge in [0.15, 0.2) is 0 Å². The summed E-state index contributed by atoms with van der Waals surface area (Å²) >= 11 is 0. The smallest absolute Gasteiger partial charge is 0.329 e. The lowest BCUT2D eigenvalue weighted by Gasteiger charge is -2.46. The summed E-state index contributed by atoms with van der Waals surface area (Å²) in [4.78, 5) is 24.1. The molecule has 1 aromatic carbocycles. The maximum atomic E-state index is 12.1. The number of carbonyl (C=O) groups excluding carboxylic acids is 1. The molecule has 1 aromatic rings. The summed E-state index contributed by atoms with van der Waals surface area (Å²) < 4.78 is 5.27. The minimum Gasteiger partial charge on any atom is -0.480 e. The molecule has 1 saturated heterocycles. The van der Waals surface area contributed by atoms with Crippen molar-refractivity contribution in [3.63, 3.8) is 0 Å². The van der Waals surface area contributed by atoms with Crippen molar-refractivity contribution in [2.24, 2.45) is 0 Å². The highest BCUT2D eigenvalue weighted by molar-refractivity contribution is 5.90. The van der Waals surface area contributed by atoms with Gasteiger partial charge in [-0.1, -0.05) is 6.07 Å². The van der Waals surface area contributed by atoms with E-state index < -0.39 is 11.6 Å². The first-order valence-corrected chi connectivity index (χ1v) is 6.78. The number of hydrogen-bond acceptors (Lipinski definition) is 3. The van der Waals surface area contributed by atoms with Crippen molar-refractivity contribution in [2.45, 2.75) is 26.4 Å². The lowest BCUT2D eigenvalue weighted by molar-refractivity contribution is -0.159. The van der Waals surface area contributed by atoms with E-state index in [1.807, 2.05) is 32.0 Å². The molecule has 0 unspecified atom stereocenters. The molecular weight excluding hydrogens is 272 g/mol. The number of hydrogen-bond donors (Lipinski definition) is 2. The number of carboxylic acids is 1. The number of carboxylic acid groups (broad SMARTS) is 1. The molecule has 0 aliphatic carbocycles. The Balaban J connectivity index is 1.86. The number of nitrogens with zero attached hydrogens (tertiary/aromatic N) is 1. The van der Waals surface area contributed by atoms with Crippen molar-refractivity contribution in [1.29, 1.82) is 0 Å². The van der Waals surface area contributed by atoms with Gasteiger partial charge in [0, 0.05) is 5.69 Å². The molecule has 1 aliphatic rings. The molecule has 1 aliphatic heterocycles. The Labute approximate surface area is 123 Å². The van der Waals surface area contributed by atoms with Crippen LogP contribution in [0.25, 0.3) is 0 Å². The minimum absolute atomic E-state index is 0.199. The van der Waals surface area contributed by atoms with Crippen molar-refractivity contribution >= 4 is 17.7 Å². The largest absolute Gasteiger partial charge is 0.480 e. The molecule has 114 valence electrons. The number of aryl methyl sites for hydroxylation is 2. The van der Waals surface area contributed by atoms with E-state index in [-0.39, 0.29) is 12.6 Å². The van der Waals surface area contributed by atoms with Crippen LogP contribution in [0.1, 0.15) is 18.1 Å². The first kappa shape index (κ1) is 15.3. The van der Waals surface area contributed by atoms with Crippen LogP contribution < -0.4 is 5.32 Å². The van der Waals surface area contributed by atoms with E-state index in [0.29, 0.717) is 13.1 Å². The number of nitrogens with one attached hydrogen (secondary N) is 1. The molecule has 6 heteroatoms. The topological polar surface area (TPSA) is 78.9 Å². The van der Waals surface area contributed by atoms with Crippen LogP contribution in [0, 0.1) is 13.8 Å². The summed E-state index contributed by atoms with van der Waals surface area (Å²) in [6.07, 6.45) is 0. The Hall–Kier alpha value is -2.08. The molecule has 0 atom stereocenters. The molecule has 2 N–H and O–H groups in total. The molecular formula is C15H20N2O4. The van der Waals surface area contributed by atoms with Gasteiger partial charge in [0.05, 0.1) is 13.1 Å². The van der Waals surface area contributed by atoms with Gasteiger partial charge in [-0.15, -0.1) is 0 Å². The third-order valence-electron chi connectivity index (χ3n) is 3.64. The van der Waals surface area contributed by atoms with Crippen molar-refractivity contribution < 1.29 is 19.4 Å². The second-order valence-electron chi connectivity index (χ2n) is 5.72. The molecule has 0 aromatic heterocycles. The number of urea groups is 1. The Bertz CT molecular complexity index is 565. The van der Waals surface area contributed by atoms with Gasteiger partial charge in [-0.3, -0.25) is 0 Å². The number of anilines is 1. The zero-order valence-corrected chi connectivity index (χ0v) is 12.5. The van der Waals surface area contributed by atoms with Gasteiger partial charge in [0.1, 0.15) is 12.2 Å². The number of carbonyl (C=O) groups is 2. The summed E-state index contributed by atoms with van der Waals surface area (Å²) in [7, 11) is 0. The predicted octanol–water partition coefficient (Wildman–Crippen LogP) is 2.01. The first-order valence-electron chi connectivity index (χ1n) is 6.78. The number of likely N-dealkylation sites (tertiary alicyclic amines) is 1. The maximum Gasteiger partial charge on any atom is 0.329 e. The van der Waals surface area contributed by atoms with Gasteiger partial charge in [-0.2, -0.15) is 0 Å². The second kappa shape index (κ2) is 5.73. The predicted molar refractivity (Wildman–Crippen MR) is 78.5 cm³/mol. The number of ether oxygens (including phenoxy) is 1. The Morgan fingerprint density at radius 3 is 2.57 bits per heavy atom.